The minimum atomic E-state index is -1.37. The van der Waals surface area contributed by atoms with E-state index in [1.165, 1.54) is 19.1 Å². The van der Waals surface area contributed by atoms with Gasteiger partial charge in [0.05, 0.1) is 49.2 Å². The zero-order valence-corrected chi connectivity index (χ0v) is 33.4. The van der Waals surface area contributed by atoms with Gasteiger partial charge in [-0.3, -0.25) is 19.2 Å². The van der Waals surface area contributed by atoms with Gasteiger partial charge in [-0.25, -0.2) is 9.18 Å². The topological polar surface area (TPSA) is 167 Å². The number of carboxylic acids is 1. The van der Waals surface area contributed by atoms with Crippen molar-refractivity contribution < 1.29 is 42.9 Å². The van der Waals surface area contributed by atoms with Gasteiger partial charge in [-0.15, -0.1) is 0 Å². The SMILES string of the molecule is CC[C@H](C)C([C@@H](CC(=O)N1C[C@@H](F)C[C@H]1[C@H](OC)[C@@H](C)C(=O)NC(Cc1ccccc1)C(=O)O)OC)N(C)C(=O)[C@@H](NC(=O)C(NC)C(C)C)C(C)C. The maximum absolute atomic E-state index is 15.1. The van der Waals surface area contributed by atoms with Crippen molar-refractivity contribution in [2.75, 3.05) is 34.9 Å². The fraction of sp³-hybridized carbons (Fsp3) is 0.718. The Hall–Kier alpha value is -3.62. The van der Waals surface area contributed by atoms with Crippen molar-refractivity contribution in [3.05, 3.63) is 35.9 Å². The van der Waals surface area contributed by atoms with E-state index < -0.39 is 72.3 Å². The summed E-state index contributed by atoms with van der Waals surface area (Å²) in [6.45, 7) is 12.8. The van der Waals surface area contributed by atoms with E-state index in [0.29, 0.717) is 6.42 Å². The number of rotatable bonds is 21. The number of ether oxygens (including phenoxy) is 2. The predicted molar refractivity (Wildman–Crippen MR) is 201 cm³/mol. The molecule has 4 N–H and O–H groups in total. The molecule has 0 aliphatic carbocycles. The van der Waals surface area contributed by atoms with Crippen LogP contribution in [-0.4, -0.2) is 128 Å². The number of carbonyl (C=O) groups is 5. The van der Waals surface area contributed by atoms with Crippen LogP contribution >= 0.6 is 0 Å². The highest BCUT2D eigenvalue weighted by molar-refractivity contribution is 5.90. The van der Waals surface area contributed by atoms with Crippen LogP contribution < -0.4 is 16.0 Å². The van der Waals surface area contributed by atoms with Gasteiger partial charge < -0.3 is 40.3 Å². The molecule has 4 amide bonds. The van der Waals surface area contributed by atoms with E-state index in [0.717, 1.165) is 5.56 Å². The van der Waals surface area contributed by atoms with Crippen LogP contribution in [0.15, 0.2) is 30.3 Å². The van der Waals surface area contributed by atoms with Crippen LogP contribution in [-0.2, 0) is 39.9 Å². The maximum Gasteiger partial charge on any atom is 0.326 e. The van der Waals surface area contributed by atoms with Crippen molar-refractivity contribution in [2.24, 2.45) is 23.7 Å². The Morgan fingerprint density at radius 1 is 0.943 bits per heavy atom. The molecule has 13 nitrogen and oxygen atoms in total. The average molecular weight is 750 g/mol. The normalized spacial score (nSPS) is 20.5. The number of carboxylic acid groups (broad SMARTS) is 1. The zero-order valence-electron chi connectivity index (χ0n) is 33.4. The van der Waals surface area contributed by atoms with Gasteiger partial charge in [0.2, 0.25) is 23.6 Å². The van der Waals surface area contributed by atoms with Gasteiger partial charge >= 0.3 is 5.97 Å². The fourth-order valence-corrected chi connectivity index (χ4v) is 7.37. The Morgan fingerprint density at radius 3 is 2.04 bits per heavy atom. The lowest BCUT2D eigenvalue weighted by molar-refractivity contribution is -0.148. The first-order valence-corrected chi connectivity index (χ1v) is 18.7. The number of methoxy groups -OCH3 is 2. The van der Waals surface area contributed by atoms with Gasteiger partial charge in [0, 0.05) is 34.1 Å². The number of amides is 4. The van der Waals surface area contributed by atoms with Crippen LogP contribution in [0, 0.1) is 23.7 Å². The number of halogens is 1. The van der Waals surface area contributed by atoms with Crippen molar-refractivity contribution >= 4 is 29.6 Å². The van der Waals surface area contributed by atoms with E-state index >= 15 is 4.39 Å². The van der Waals surface area contributed by atoms with Crippen molar-refractivity contribution in [1.29, 1.82) is 0 Å². The van der Waals surface area contributed by atoms with Crippen LogP contribution in [0.4, 0.5) is 4.39 Å². The molecule has 0 spiro atoms. The molecule has 1 saturated heterocycles. The molecule has 53 heavy (non-hydrogen) atoms. The molecule has 300 valence electrons. The first-order chi connectivity index (χ1) is 24.9. The van der Waals surface area contributed by atoms with Crippen molar-refractivity contribution in [1.82, 2.24) is 25.8 Å². The lowest BCUT2D eigenvalue weighted by atomic mass is 9.89. The predicted octanol–water partition coefficient (Wildman–Crippen LogP) is 3.05. The minimum absolute atomic E-state index is 0.00732. The molecule has 1 heterocycles. The molecular formula is C39H64FN5O8. The van der Waals surface area contributed by atoms with E-state index in [4.69, 9.17) is 9.47 Å². The van der Waals surface area contributed by atoms with Gasteiger partial charge in [0.1, 0.15) is 18.3 Å². The van der Waals surface area contributed by atoms with Crippen LogP contribution in [0.1, 0.15) is 73.3 Å². The Morgan fingerprint density at radius 2 is 1.55 bits per heavy atom. The van der Waals surface area contributed by atoms with Gasteiger partial charge in [-0.05, 0) is 30.4 Å². The van der Waals surface area contributed by atoms with E-state index in [-0.39, 0.29) is 55.4 Å². The van der Waals surface area contributed by atoms with Crippen molar-refractivity contribution in [3.8, 4) is 0 Å². The number of carbonyl (C=O) groups excluding carboxylic acids is 4. The summed E-state index contributed by atoms with van der Waals surface area (Å²) >= 11 is 0. The largest absolute Gasteiger partial charge is 0.480 e. The molecule has 1 aromatic rings. The molecule has 2 rings (SSSR count). The molecule has 1 aliphatic heterocycles. The number of likely N-dealkylation sites (N-methyl/N-ethyl adjacent to an activating group) is 2. The molecular weight excluding hydrogens is 685 g/mol. The lowest BCUT2D eigenvalue weighted by Crippen LogP contribution is -2.59. The van der Waals surface area contributed by atoms with Crippen LogP contribution in [0.2, 0.25) is 0 Å². The molecule has 1 aliphatic rings. The van der Waals surface area contributed by atoms with Gasteiger partial charge in [-0.2, -0.15) is 0 Å². The van der Waals surface area contributed by atoms with Gasteiger partial charge in [-0.1, -0.05) is 85.2 Å². The summed E-state index contributed by atoms with van der Waals surface area (Å²) < 4.78 is 26.8. The van der Waals surface area contributed by atoms with Gasteiger partial charge in [0.15, 0.2) is 0 Å². The maximum atomic E-state index is 15.1. The second-order valence-electron chi connectivity index (χ2n) is 15.1. The summed E-state index contributed by atoms with van der Waals surface area (Å²) in [5.41, 5.74) is 0.734. The highest BCUT2D eigenvalue weighted by Crippen LogP contribution is 2.31. The van der Waals surface area contributed by atoms with E-state index in [2.05, 4.69) is 16.0 Å². The van der Waals surface area contributed by atoms with Crippen LogP contribution in [0.3, 0.4) is 0 Å². The Labute approximate surface area is 315 Å². The monoisotopic (exact) mass is 749 g/mol. The summed E-state index contributed by atoms with van der Waals surface area (Å²) in [5.74, 6) is -4.12. The number of nitrogens with zero attached hydrogens (tertiary/aromatic N) is 2. The van der Waals surface area contributed by atoms with Gasteiger partial charge in [0.25, 0.3) is 0 Å². The summed E-state index contributed by atoms with van der Waals surface area (Å²) in [6.07, 6.45) is -2.63. The third kappa shape index (κ3) is 12.2. The molecule has 0 aromatic heterocycles. The number of nitrogens with one attached hydrogen (secondary N) is 3. The van der Waals surface area contributed by atoms with Crippen LogP contribution in [0.5, 0.6) is 0 Å². The summed E-state index contributed by atoms with van der Waals surface area (Å²) in [4.78, 5) is 69.8. The van der Waals surface area contributed by atoms with E-state index in [1.807, 2.05) is 47.6 Å². The quantitative estimate of drug-likeness (QED) is 0.148. The molecule has 0 bridgehead atoms. The van der Waals surface area contributed by atoms with E-state index in [1.54, 1.807) is 50.2 Å². The number of aliphatic carboxylic acids is 1. The molecule has 14 heteroatoms. The molecule has 3 unspecified atom stereocenters. The smallest absolute Gasteiger partial charge is 0.326 e. The Bertz CT molecular complexity index is 1350. The molecule has 10 atom stereocenters. The molecule has 0 saturated carbocycles. The van der Waals surface area contributed by atoms with Crippen molar-refractivity contribution in [2.45, 2.75) is 123 Å². The first-order valence-electron chi connectivity index (χ1n) is 18.7. The Kier molecular flexibility index (Phi) is 18.3. The first kappa shape index (κ1) is 45.5. The minimum Gasteiger partial charge on any atom is -0.480 e. The number of hydrogen-bond donors (Lipinski definition) is 4. The third-order valence-electron chi connectivity index (χ3n) is 10.6. The third-order valence-corrected chi connectivity index (χ3v) is 10.6. The Balaban J connectivity index is 2.31. The molecule has 1 fully saturated rings. The van der Waals surface area contributed by atoms with Crippen LogP contribution in [0.25, 0.3) is 0 Å². The highest BCUT2D eigenvalue weighted by Gasteiger charge is 2.46. The molecule has 0 radical (unpaired) electrons. The van der Waals surface area contributed by atoms with Crippen molar-refractivity contribution in [3.63, 3.8) is 0 Å². The standard InChI is InChI=1S/C39H64FN5O8/c1-12-24(6)34(44(9)38(49)33(23(4)5)43-37(48)32(41-8)22(2)3)30(52-10)20-31(46)45-21-27(40)19-29(45)35(53-11)25(7)36(47)42-28(39(50)51)18-26-16-14-13-15-17-26/h13-17,22-25,27-30,32-35,41H,12,18-21H2,1-11H3,(H,42,47)(H,43,48)(H,50,51)/t24-,25+,27-,28?,29-,30+,32?,33-,34?,35+/m0/s1. The number of alkyl halides is 1. The average Bonchev–Trinajstić information content (AvgIpc) is 3.50. The summed E-state index contributed by atoms with van der Waals surface area (Å²) in [5, 5.41) is 18.4. The van der Waals surface area contributed by atoms with E-state index in [9.17, 15) is 29.1 Å². The lowest BCUT2D eigenvalue weighted by Gasteiger charge is -2.41. The second kappa shape index (κ2) is 21.3. The number of likely N-dealkylation sites (tertiary alicyclic amines) is 1. The fourth-order valence-electron chi connectivity index (χ4n) is 7.37. The number of hydrogen-bond acceptors (Lipinski definition) is 8. The zero-order chi connectivity index (χ0) is 40.2. The second-order valence-corrected chi connectivity index (χ2v) is 15.1. The highest BCUT2D eigenvalue weighted by atomic mass is 19.1. The summed E-state index contributed by atoms with van der Waals surface area (Å²) in [6, 6.07) is 4.99. The molecule has 1 aromatic carbocycles. The number of benzene rings is 1. The summed E-state index contributed by atoms with van der Waals surface area (Å²) in [7, 11) is 6.19.